The molecule has 2 aliphatic heterocycles. The first-order valence-corrected chi connectivity index (χ1v) is 7.47. The first kappa shape index (κ1) is 13.4. The van der Waals surface area contributed by atoms with Crippen molar-refractivity contribution in [2.24, 2.45) is 0 Å². The quantitative estimate of drug-likeness (QED) is 0.901. The van der Waals surface area contributed by atoms with E-state index in [0.29, 0.717) is 17.8 Å². The smallest absolute Gasteiger partial charge is 0.410 e. The number of amides is 1. The minimum absolute atomic E-state index is 0.248. The number of carbonyl (C=O) groups excluding carboxylic acids is 1. The van der Waals surface area contributed by atoms with E-state index < -0.39 is 0 Å². The summed E-state index contributed by atoms with van der Waals surface area (Å²) in [7, 11) is 2.22. The highest BCUT2D eigenvalue weighted by atomic mass is 16.6. The molecule has 2 saturated heterocycles. The predicted molar refractivity (Wildman–Crippen MR) is 77.8 cm³/mol. The van der Waals surface area contributed by atoms with Gasteiger partial charge in [-0.1, -0.05) is 24.6 Å². The molecule has 20 heavy (non-hydrogen) atoms. The third-order valence-electron chi connectivity index (χ3n) is 4.62. The summed E-state index contributed by atoms with van der Waals surface area (Å²) in [6.07, 6.45) is 5.57. The minimum atomic E-state index is -0.330. The molecule has 1 aromatic rings. The fourth-order valence-corrected chi connectivity index (χ4v) is 3.53. The number of hydrogen-bond donors (Lipinski definition) is 1. The number of ether oxygens (including phenoxy) is 1. The number of para-hydroxylation sites is 1. The summed E-state index contributed by atoms with van der Waals surface area (Å²) in [5.41, 5.74) is 0. The van der Waals surface area contributed by atoms with E-state index in [0.717, 1.165) is 12.8 Å². The van der Waals surface area contributed by atoms with Crippen LogP contribution < -0.4 is 10.1 Å². The highest BCUT2D eigenvalue weighted by Gasteiger charge is 2.36. The molecule has 0 saturated carbocycles. The lowest BCUT2D eigenvalue weighted by Gasteiger charge is -2.47. The molecule has 0 aliphatic carbocycles. The second-order valence-electron chi connectivity index (χ2n) is 5.92. The molecule has 4 heteroatoms. The van der Waals surface area contributed by atoms with Crippen molar-refractivity contribution in [2.45, 2.75) is 50.2 Å². The summed E-state index contributed by atoms with van der Waals surface area (Å²) in [6, 6.07) is 10.7. The normalized spacial score (nSPS) is 29.8. The molecule has 3 rings (SSSR count). The van der Waals surface area contributed by atoms with Gasteiger partial charge in [-0.2, -0.15) is 0 Å². The Morgan fingerprint density at radius 2 is 1.85 bits per heavy atom. The van der Waals surface area contributed by atoms with Crippen molar-refractivity contribution in [2.75, 3.05) is 7.05 Å². The molecule has 2 aliphatic rings. The van der Waals surface area contributed by atoms with E-state index in [9.17, 15) is 4.79 Å². The van der Waals surface area contributed by atoms with Crippen molar-refractivity contribution in [3.8, 4) is 5.75 Å². The zero-order valence-corrected chi connectivity index (χ0v) is 11.9. The number of rotatable bonds is 2. The largest absolute Gasteiger partial charge is 0.412 e. The molecule has 2 heterocycles. The molecule has 0 aromatic heterocycles. The Hall–Kier alpha value is -1.55. The Morgan fingerprint density at radius 3 is 2.50 bits per heavy atom. The van der Waals surface area contributed by atoms with Crippen LogP contribution in [0.3, 0.4) is 0 Å². The first-order valence-electron chi connectivity index (χ1n) is 7.47. The van der Waals surface area contributed by atoms with E-state index in [1.54, 1.807) is 12.1 Å². The van der Waals surface area contributed by atoms with Crippen LogP contribution in [0, 0.1) is 0 Å². The summed E-state index contributed by atoms with van der Waals surface area (Å²) in [5, 5.41) is 3.03. The molecule has 4 nitrogen and oxygen atoms in total. The van der Waals surface area contributed by atoms with Crippen LogP contribution in [-0.2, 0) is 0 Å². The van der Waals surface area contributed by atoms with Gasteiger partial charge in [0, 0.05) is 18.1 Å². The van der Waals surface area contributed by atoms with Crippen molar-refractivity contribution in [1.82, 2.24) is 10.2 Å². The maximum atomic E-state index is 11.9. The van der Waals surface area contributed by atoms with Crippen molar-refractivity contribution in [3.05, 3.63) is 30.3 Å². The molecule has 1 amide bonds. The van der Waals surface area contributed by atoms with E-state index >= 15 is 0 Å². The highest BCUT2D eigenvalue weighted by molar-refractivity contribution is 5.70. The van der Waals surface area contributed by atoms with E-state index in [1.807, 2.05) is 18.2 Å². The molecule has 1 N–H and O–H groups in total. The molecule has 2 unspecified atom stereocenters. The zero-order chi connectivity index (χ0) is 13.9. The topological polar surface area (TPSA) is 41.6 Å². The number of nitrogens with zero attached hydrogens (tertiary/aromatic N) is 1. The molecule has 2 bridgehead atoms. The van der Waals surface area contributed by atoms with Crippen molar-refractivity contribution in [1.29, 1.82) is 0 Å². The highest BCUT2D eigenvalue weighted by Crippen LogP contribution is 2.32. The monoisotopic (exact) mass is 274 g/mol. The van der Waals surface area contributed by atoms with Gasteiger partial charge in [-0.25, -0.2) is 4.79 Å². The molecule has 108 valence electrons. The number of hydrogen-bond acceptors (Lipinski definition) is 3. The Morgan fingerprint density at radius 1 is 1.20 bits per heavy atom. The number of piperidine rings is 2. The van der Waals surface area contributed by atoms with Crippen LogP contribution in [0.1, 0.15) is 32.1 Å². The van der Waals surface area contributed by atoms with Crippen LogP contribution in [0.2, 0.25) is 0 Å². The predicted octanol–water partition coefficient (Wildman–Crippen LogP) is 2.79. The van der Waals surface area contributed by atoms with Gasteiger partial charge in [0.2, 0.25) is 0 Å². The van der Waals surface area contributed by atoms with Gasteiger partial charge < -0.3 is 15.0 Å². The minimum Gasteiger partial charge on any atom is -0.410 e. The van der Waals surface area contributed by atoms with Crippen molar-refractivity contribution in [3.63, 3.8) is 0 Å². The Bertz CT molecular complexity index is 449. The summed E-state index contributed by atoms with van der Waals surface area (Å²) in [6.45, 7) is 0. The summed E-state index contributed by atoms with van der Waals surface area (Å²) in [4.78, 5) is 14.4. The molecular formula is C16H22N2O2. The second kappa shape index (κ2) is 5.83. The van der Waals surface area contributed by atoms with Crippen LogP contribution in [0.5, 0.6) is 5.75 Å². The average molecular weight is 274 g/mol. The fraction of sp³-hybridized carbons (Fsp3) is 0.562. The lowest BCUT2D eigenvalue weighted by atomic mass is 9.82. The second-order valence-corrected chi connectivity index (χ2v) is 5.92. The number of carbonyl (C=O) groups is 1. The van der Waals surface area contributed by atoms with Gasteiger partial charge in [0.1, 0.15) is 5.75 Å². The van der Waals surface area contributed by atoms with Gasteiger partial charge in [-0.05, 0) is 44.9 Å². The van der Waals surface area contributed by atoms with E-state index in [4.69, 9.17) is 4.74 Å². The van der Waals surface area contributed by atoms with Gasteiger partial charge >= 0.3 is 6.09 Å². The van der Waals surface area contributed by atoms with Gasteiger partial charge in [0.15, 0.2) is 0 Å². The van der Waals surface area contributed by atoms with Crippen molar-refractivity contribution >= 4 is 6.09 Å². The van der Waals surface area contributed by atoms with E-state index in [-0.39, 0.29) is 12.1 Å². The van der Waals surface area contributed by atoms with Crippen LogP contribution in [0.15, 0.2) is 30.3 Å². The van der Waals surface area contributed by atoms with Gasteiger partial charge in [-0.15, -0.1) is 0 Å². The fourth-order valence-electron chi connectivity index (χ4n) is 3.53. The van der Waals surface area contributed by atoms with E-state index in [1.165, 1.54) is 19.3 Å². The SMILES string of the molecule is CN1C2CCCC1CC(NC(=O)Oc1ccccc1)C2. The Balaban J connectivity index is 1.54. The third kappa shape index (κ3) is 2.96. The number of fused-ring (bicyclic) bond motifs is 2. The first-order chi connectivity index (χ1) is 9.72. The van der Waals surface area contributed by atoms with Crippen LogP contribution in [0.4, 0.5) is 4.79 Å². The van der Waals surface area contributed by atoms with Crippen LogP contribution >= 0.6 is 0 Å². The van der Waals surface area contributed by atoms with E-state index in [2.05, 4.69) is 17.3 Å². The lowest BCUT2D eigenvalue weighted by Crippen LogP contribution is -2.55. The Labute approximate surface area is 120 Å². The molecule has 0 radical (unpaired) electrons. The third-order valence-corrected chi connectivity index (χ3v) is 4.62. The Kier molecular flexibility index (Phi) is 3.92. The number of nitrogens with one attached hydrogen (secondary N) is 1. The lowest BCUT2D eigenvalue weighted by molar-refractivity contribution is 0.0492. The van der Waals surface area contributed by atoms with Crippen molar-refractivity contribution < 1.29 is 9.53 Å². The zero-order valence-electron chi connectivity index (χ0n) is 11.9. The summed E-state index contributed by atoms with van der Waals surface area (Å²) in [5.74, 6) is 0.595. The summed E-state index contributed by atoms with van der Waals surface area (Å²) < 4.78 is 5.30. The molecule has 2 fully saturated rings. The molecule has 2 atom stereocenters. The summed E-state index contributed by atoms with van der Waals surface area (Å²) >= 11 is 0. The van der Waals surface area contributed by atoms with Gasteiger partial charge in [0.25, 0.3) is 0 Å². The maximum Gasteiger partial charge on any atom is 0.412 e. The molecule has 1 aromatic carbocycles. The van der Waals surface area contributed by atoms with Crippen LogP contribution in [-0.4, -0.2) is 36.2 Å². The van der Waals surface area contributed by atoms with Crippen LogP contribution in [0.25, 0.3) is 0 Å². The van der Waals surface area contributed by atoms with Gasteiger partial charge in [-0.3, -0.25) is 0 Å². The average Bonchev–Trinajstić information content (AvgIpc) is 2.41. The number of benzene rings is 1. The van der Waals surface area contributed by atoms with Gasteiger partial charge in [0.05, 0.1) is 0 Å². The molecular weight excluding hydrogens is 252 g/mol. The molecule has 0 spiro atoms. The maximum absolute atomic E-state index is 11.9. The standard InChI is InChI=1S/C16H22N2O2/c1-18-13-6-5-7-14(18)11-12(10-13)17-16(19)20-15-8-3-2-4-9-15/h2-4,8-9,12-14H,5-7,10-11H2,1H3,(H,17,19).